The molecule has 1 aromatic heterocycles. The number of rotatable bonds is 6. The summed E-state index contributed by atoms with van der Waals surface area (Å²) in [7, 11) is 2.17. The quantitative estimate of drug-likeness (QED) is 0.750. The van der Waals surface area contributed by atoms with Crippen molar-refractivity contribution in [3.63, 3.8) is 0 Å². The summed E-state index contributed by atoms with van der Waals surface area (Å²) in [5.74, 6) is -0.107. The molecule has 1 aromatic carbocycles. The highest BCUT2D eigenvalue weighted by molar-refractivity contribution is 7.12. The van der Waals surface area contributed by atoms with Crippen LogP contribution in [0.25, 0.3) is 0 Å². The van der Waals surface area contributed by atoms with Crippen LogP contribution in [0, 0.1) is 5.92 Å². The number of likely N-dealkylation sites (N-methyl/N-ethyl adjacent to an activating group) is 1. The predicted molar refractivity (Wildman–Crippen MR) is 126 cm³/mol. The van der Waals surface area contributed by atoms with Gasteiger partial charge in [-0.25, -0.2) is 0 Å². The third kappa shape index (κ3) is 5.93. The Labute approximate surface area is 188 Å². The highest BCUT2D eigenvalue weighted by Gasteiger charge is 2.29. The average molecular weight is 441 g/mol. The fourth-order valence-electron chi connectivity index (χ4n) is 4.34. The molecule has 7 heteroatoms. The van der Waals surface area contributed by atoms with Crippen LogP contribution in [-0.4, -0.2) is 79.4 Å². The van der Waals surface area contributed by atoms with Gasteiger partial charge in [0, 0.05) is 51.5 Å². The lowest BCUT2D eigenvalue weighted by Gasteiger charge is -2.32. The normalized spacial score (nSPS) is 20.5. The summed E-state index contributed by atoms with van der Waals surface area (Å²) in [5.41, 5.74) is 2.09. The fraction of sp³-hybridized carbons (Fsp3) is 0.500. The maximum atomic E-state index is 12.9. The van der Waals surface area contributed by atoms with E-state index in [1.165, 1.54) is 16.9 Å². The zero-order valence-electron chi connectivity index (χ0n) is 18.3. The first-order chi connectivity index (χ1) is 15.1. The second-order valence-corrected chi connectivity index (χ2v) is 9.60. The second kappa shape index (κ2) is 10.4. The van der Waals surface area contributed by atoms with E-state index in [4.69, 9.17) is 0 Å². The summed E-state index contributed by atoms with van der Waals surface area (Å²) in [6.45, 7) is 6.76. The van der Waals surface area contributed by atoms with Gasteiger partial charge >= 0.3 is 0 Å². The molecule has 2 amide bonds. The van der Waals surface area contributed by atoms with Gasteiger partial charge in [0.15, 0.2) is 0 Å². The molecule has 4 rings (SSSR count). The van der Waals surface area contributed by atoms with Crippen molar-refractivity contribution in [2.24, 2.45) is 5.92 Å². The highest BCUT2D eigenvalue weighted by Crippen LogP contribution is 2.22. The Morgan fingerprint density at radius 1 is 1.10 bits per heavy atom. The van der Waals surface area contributed by atoms with Gasteiger partial charge in [-0.2, -0.15) is 0 Å². The first-order valence-corrected chi connectivity index (χ1v) is 12.1. The minimum atomic E-state index is -0.161. The van der Waals surface area contributed by atoms with Gasteiger partial charge in [-0.1, -0.05) is 18.2 Å². The molecule has 2 aliphatic rings. The molecule has 0 aliphatic carbocycles. The molecule has 1 N–H and O–H groups in total. The van der Waals surface area contributed by atoms with E-state index in [2.05, 4.69) is 34.3 Å². The zero-order valence-corrected chi connectivity index (χ0v) is 19.1. The summed E-state index contributed by atoms with van der Waals surface area (Å²) >= 11 is 1.46. The monoisotopic (exact) mass is 440 g/mol. The van der Waals surface area contributed by atoms with Crippen LogP contribution in [0.5, 0.6) is 0 Å². The minimum absolute atomic E-state index is 0.0138. The predicted octanol–water partition coefficient (Wildman–Crippen LogP) is 3.03. The standard InChI is InChI=1S/C24H32N4O2S/c1-26-12-14-27(15-13-26)11-9-19-5-2-7-21(17-19)25-23(29)20-6-3-10-28(18-20)24(30)22-8-4-16-31-22/h2,4-5,7-8,16-17,20H,3,6,9-15,18H2,1H3,(H,25,29)/t20-/m1/s1. The zero-order chi connectivity index (χ0) is 21.6. The molecule has 6 nitrogen and oxygen atoms in total. The minimum Gasteiger partial charge on any atom is -0.337 e. The molecule has 2 aromatic rings. The van der Waals surface area contributed by atoms with Crippen molar-refractivity contribution in [1.82, 2.24) is 14.7 Å². The Morgan fingerprint density at radius 2 is 1.94 bits per heavy atom. The molecule has 0 spiro atoms. The van der Waals surface area contributed by atoms with E-state index in [1.807, 2.05) is 34.5 Å². The van der Waals surface area contributed by atoms with Gasteiger partial charge in [0.25, 0.3) is 5.91 Å². The van der Waals surface area contributed by atoms with Crippen LogP contribution >= 0.6 is 11.3 Å². The Morgan fingerprint density at radius 3 is 2.71 bits per heavy atom. The molecule has 3 heterocycles. The molecular weight excluding hydrogens is 408 g/mol. The van der Waals surface area contributed by atoms with Gasteiger partial charge in [-0.3, -0.25) is 9.59 Å². The van der Waals surface area contributed by atoms with Gasteiger partial charge in [0.05, 0.1) is 10.8 Å². The number of benzene rings is 1. The SMILES string of the molecule is CN1CCN(CCc2cccc(NC(=O)[C@@H]3CCCN(C(=O)c4cccs4)C3)c2)CC1. The van der Waals surface area contributed by atoms with Crippen LogP contribution in [0.2, 0.25) is 0 Å². The van der Waals surface area contributed by atoms with Gasteiger partial charge in [-0.05, 0) is 55.5 Å². The van der Waals surface area contributed by atoms with Crippen molar-refractivity contribution < 1.29 is 9.59 Å². The Bertz CT molecular complexity index is 877. The van der Waals surface area contributed by atoms with Crippen molar-refractivity contribution >= 4 is 28.8 Å². The summed E-state index contributed by atoms with van der Waals surface area (Å²) in [4.78, 5) is 33.0. The third-order valence-electron chi connectivity index (χ3n) is 6.32. The number of carbonyl (C=O) groups excluding carboxylic acids is 2. The maximum Gasteiger partial charge on any atom is 0.263 e. The van der Waals surface area contributed by atoms with E-state index in [-0.39, 0.29) is 17.7 Å². The molecule has 2 fully saturated rings. The highest BCUT2D eigenvalue weighted by atomic mass is 32.1. The molecule has 1 atom stereocenters. The number of piperidine rings is 1. The second-order valence-electron chi connectivity index (χ2n) is 8.65. The first kappa shape index (κ1) is 22.0. The summed E-state index contributed by atoms with van der Waals surface area (Å²) in [6.07, 6.45) is 2.67. The first-order valence-electron chi connectivity index (χ1n) is 11.2. The summed E-state index contributed by atoms with van der Waals surface area (Å²) < 4.78 is 0. The Balaban J connectivity index is 1.30. The number of amides is 2. The van der Waals surface area contributed by atoms with E-state index in [9.17, 15) is 9.59 Å². The number of nitrogens with zero attached hydrogens (tertiary/aromatic N) is 3. The van der Waals surface area contributed by atoms with Crippen molar-refractivity contribution in [2.45, 2.75) is 19.3 Å². The number of hydrogen-bond acceptors (Lipinski definition) is 5. The molecule has 0 saturated carbocycles. The number of likely N-dealkylation sites (tertiary alicyclic amines) is 1. The van der Waals surface area contributed by atoms with Crippen molar-refractivity contribution in [3.8, 4) is 0 Å². The van der Waals surface area contributed by atoms with Gasteiger partial charge in [-0.15, -0.1) is 11.3 Å². The maximum absolute atomic E-state index is 12.9. The van der Waals surface area contributed by atoms with Crippen LogP contribution in [0.1, 0.15) is 28.1 Å². The van der Waals surface area contributed by atoms with Crippen LogP contribution in [0.15, 0.2) is 41.8 Å². The number of nitrogens with one attached hydrogen (secondary N) is 1. The fourth-order valence-corrected chi connectivity index (χ4v) is 5.03. The number of carbonyl (C=O) groups is 2. The summed E-state index contributed by atoms with van der Waals surface area (Å²) in [6, 6.07) is 11.9. The molecule has 0 bridgehead atoms. The lowest BCUT2D eigenvalue weighted by molar-refractivity contribution is -0.121. The van der Waals surface area contributed by atoms with Crippen LogP contribution in [-0.2, 0) is 11.2 Å². The van der Waals surface area contributed by atoms with E-state index in [0.29, 0.717) is 6.54 Å². The van der Waals surface area contributed by atoms with Crippen molar-refractivity contribution in [2.75, 3.05) is 58.2 Å². The topological polar surface area (TPSA) is 55.9 Å². The van der Waals surface area contributed by atoms with E-state index in [0.717, 1.165) is 69.1 Å². The lowest BCUT2D eigenvalue weighted by Crippen LogP contribution is -2.45. The number of thiophene rings is 1. The van der Waals surface area contributed by atoms with E-state index >= 15 is 0 Å². The largest absolute Gasteiger partial charge is 0.337 e. The number of hydrogen-bond donors (Lipinski definition) is 1. The molecule has 0 radical (unpaired) electrons. The number of piperazine rings is 1. The Hall–Kier alpha value is -2.22. The van der Waals surface area contributed by atoms with E-state index in [1.54, 1.807) is 0 Å². The molecule has 2 saturated heterocycles. The summed E-state index contributed by atoms with van der Waals surface area (Å²) in [5, 5.41) is 5.01. The molecule has 31 heavy (non-hydrogen) atoms. The lowest BCUT2D eigenvalue weighted by atomic mass is 9.96. The molecule has 0 unspecified atom stereocenters. The van der Waals surface area contributed by atoms with Crippen LogP contribution in [0.4, 0.5) is 5.69 Å². The van der Waals surface area contributed by atoms with Crippen molar-refractivity contribution in [3.05, 3.63) is 52.2 Å². The smallest absolute Gasteiger partial charge is 0.263 e. The van der Waals surface area contributed by atoms with Crippen LogP contribution in [0.3, 0.4) is 0 Å². The number of anilines is 1. The van der Waals surface area contributed by atoms with E-state index < -0.39 is 0 Å². The average Bonchev–Trinajstić information content (AvgIpc) is 3.33. The molecule has 2 aliphatic heterocycles. The van der Waals surface area contributed by atoms with Gasteiger partial charge in [0.2, 0.25) is 5.91 Å². The van der Waals surface area contributed by atoms with Crippen molar-refractivity contribution in [1.29, 1.82) is 0 Å². The Kier molecular flexibility index (Phi) is 7.37. The molecular formula is C24H32N4O2S. The van der Waals surface area contributed by atoms with Gasteiger partial charge in [0.1, 0.15) is 0 Å². The third-order valence-corrected chi connectivity index (χ3v) is 7.18. The van der Waals surface area contributed by atoms with Crippen LogP contribution < -0.4 is 5.32 Å². The molecule has 166 valence electrons. The van der Waals surface area contributed by atoms with Gasteiger partial charge < -0.3 is 20.0 Å².